The number of thiophene rings is 1. The van der Waals surface area contributed by atoms with Crippen molar-refractivity contribution in [2.75, 3.05) is 13.2 Å². The highest BCUT2D eigenvalue weighted by molar-refractivity contribution is 9.10. The normalized spacial score (nSPS) is 12.6. The Morgan fingerprint density at radius 3 is 2.83 bits per heavy atom. The maximum absolute atomic E-state index is 11.9. The van der Waals surface area contributed by atoms with Crippen LogP contribution in [0.4, 0.5) is 0 Å². The van der Waals surface area contributed by atoms with E-state index < -0.39 is 0 Å². The molecule has 2 nitrogen and oxygen atoms in total. The molecule has 0 aliphatic rings. The number of ketones is 1. The van der Waals surface area contributed by atoms with Crippen LogP contribution >= 0.6 is 27.3 Å². The predicted molar refractivity (Wildman–Crippen MR) is 80.5 cm³/mol. The molecular weight excluding hydrogens is 312 g/mol. The molecule has 1 rings (SSSR count). The molecule has 0 aliphatic heterocycles. The summed E-state index contributed by atoms with van der Waals surface area (Å²) in [6.45, 7) is 5.28. The van der Waals surface area contributed by atoms with Gasteiger partial charge in [0.05, 0.1) is 4.88 Å². The fourth-order valence-electron chi connectivity index (χ4n) is 1.77. The van der Waals surface area contributed by atoms with Gasteiger partial charge in [0, 0.05) is 11.1 Å². The first-order chi connectivity index (χ1) is 8.69. The summed E-state index contributed by atoms with van der Waals surface area (Å²) in [6.07, 6.45) is 4.78. The zero-order chi connectivity index (χ0) is 13.4. The number of carbonyl (C=O) groups excluding carboxylic acids is 1. The van der Waals surface area contributed by atoms with Gasteiger partial charge in [-0.05, 0) is 39.7 Å². The molecule has 18 heavy (non-hydrogen) atoms. The lowest BCUT2D eigenvalue weighted by molar-refractivity contribution is 0.0661. The summed E-state index contributed by atoms with van der Waals surface area (Å²) in [4.78, 5) is 12.6. The number of halogens is 1. The average molecular weight is 333 g/mol. The maximum atomic E-state index is 11.9. The third-order valence-electron chi connectivity index (χ3n) is 3.00. The van der Waals surface area contributed by atoms with E-state index in [0.29, 0.717) is 12.5 Å². The Morgan fingerprint density at radius 2 is 2.28 bits per heavy atom. The Bertz CT molecular complexity index is 362. The van der Waals surface area contributed by atoms with E-state index in [4.69, 9.17) is 4.74 Å². The Morgan fingerprint density at radius 1 is 1.50 bits per heavy atom. The molecule has 4 heteroatoms. The van der Waals surface area contributed by atoms with Gasteiger partial charge in [-0.15, -0.1) is 11.3 Å². The number of hydrogen-bond donors (Lipinski definition) is 0. The highest BCUT2D eigenvalue weighted by Gasteiger charge is 2.13. The van der Waals surface area contributed by atoms with Gasteiger partial charge in [0.25, 0.3) is 0 Å². The Kier molecular flexibility index (Phi) is 7.79. The van der Waals surface area contributed by atoms with Crippen molar-refractivity contribution >= 4 is 33.0 Å². The highest BCUT2D eigenvalue weighted by Crippen LogP contribution is 2.23. The molecule has 102 valence electrons. The third kappa shape index (κ3) is 5.21. The topological polar surface area (TPSA) is 26.3 Å². The highest BCUT2D eigenvalue weighted by atomic mass is 79.9. The number of carbonyl (C=O) groups is 1. The first-order valence-corrected chi connectivity index (χ1v) is 8.20. The Balaban J connectivity index is 2.28. The van der Waals surface area contributed by atoms with Gasteiger partial charge in [-0.3, -0.25) is 4.79 Å². The maximum Gasteiger partial charge on any atom is 0.199 e. The molecule has 0 saturated carbocycles. The minimum atomic E-state index is 0.0715. The van der Waals surface area contributed by atoms with Crippen LogP contribution in [0.1, 0.15) is 49.2 Å². The Hall–Kier alpha value is -0.190. The predicted octanol–water partition coefficient (Wildman–Crippen LogP) is 4.93. The number of Topliss-reactive ketones (excluding diaryl/α,β-unsaturated/α-hetero) is 1. The average Bonchev–Trinajstić information content (AvgIpc) is 2.79. The van der Waals surface area contributed by atoms with E-state index in [1.165, 1.54) is 30.6 Å². The van der Waals surface area contributed by atoms with Crippen LogP contribution in [0.2, 0.25) is 0 Å². The second kappa shape index (κ2) is 8.83. The van der Waals surface area contributed by atoms with Crippen molar-refractivity contribution in [1.82, 2.24) is 0 Å². The van der Waals surface area contributed by atoms with Crippen LogP contribution in [0.25, 0.3) is 0 Å². The second-order valence-corrected chi connectivity index (χ2v) is 6.22. The van der Waals surface area contributed by atoms with Crippen LogP contribution in [-0.2, 0) is 4.74 Å². The van der Waals surface area contributed by atoms with Gasteiger partial charge in [0.1, 0.15) is 6.61 Å². The van der Waals surface area contributed by atoms with Crippen LogP contribution in [0.5, 0.6) is 0 Å². The van der Waals surface area contributed by atoms with Crippen LogP contribution in [0.15, 0.2) is 15.9 Å². The molecule has 0 aromatic carbocycles. The van der Waals surface area contributed by atoms with Crippen molar-refractivity contribution in [1.29, 1.82) is 0 Å². The number of ether oxygens (including phenoxy) is 1. The van der Waals surface area contributed by atoms with Crippen molar-refractivity contribution in [2.24, 2.45) is 5.92 Å². The van der Waals surface area contributed by atoms with E-state index in [2.05, 4.69) is 29.8 Å². The molecule has 0 bridgehead atoms. The number of unbranched alkanes of at least 4 members (excludes halogenated alkanes) is 1. The number of rotatable bonds is 9. The second-order valence-electron chi connectivity index (χ2n) is 4.45. The summed E-state index contributed by atoms with van der Waals surface area (Å²) in [5.41, 5.74) is 0. The molecule has 1 aromatic heterocycles. The molecule has 1 heterocycles. The monoisotopic (exact) mass is 332 g/mol. The smallest absolute Gasteiger partial charge is 0.199 e. The lowest BCUT2D eigenvalue weighted by Crippen LogP contribution is -2.14. The fraction of sp³-hybridized carbons (Fsp3) is 0.643. The molecule has 0 N–H and O–H groups in total. The van der Waals surface area contributed by atoms with Gasteiger partial charge >= 0.3 is 0 Å². The molecule has 0 fully saturated rings. The van der Waals surface area contributed by atoms with Crippen LogP contribution in [0.3, 0.4) is 0 Å². The van der Waals surface area contributed by atoms with Gasteiger partial charge in [0.2, 0.25) is 0 Å². The first-order valence-electron chi connectivity index (χ1n) is 6.52. The molecule has 1 aromatic rings. The minimum absolute atomic E-state index is 0.0715. The fourth-order valence-corrected chi connectivity index (χ4v) is 3.29. The van der Waals surface area contributed by atoms with Crippen molar-refractivity contribution in [3.05, 3.63) is 20.8 Å². The zero-order valence-corrected chi connectivity index (χ0v) is 13.5. The van der Waals surface area contributed by atoms with Crippen molar-refractivity contribution < 1.29 is 9.53 Å². The molecule has 0 spiro atoms. The summed E-state index contributed by atoms with van der Waals surface area (Å²) >= 11 is 4.83. The molecule has 0 saturated heterocycles. The standard InChI is InChI=1S/C14H21BrO2S/c1-3-5-6-11(4-2)9-17-10-13(16)14-12(15)7-8-18-14/h7-8,11H,3-6,9-10H2,1-2H3. The van der Waals surface area contributed by atoms with E-state index in [0.717, 1.165) is 15.8 Å². The van der Waals surface area contributed by atoms with Crippen molar-refractivity contribution in [3.8, 4) is 0 Å². The largest absolute Gasteiger partial charge is 0.373 e. The molecule has 0 amide bonds. The van der Waals surface area contributed by atoms with Gasteiger partial charge < -0.3 is 4.74 Å². The van der Waals surface area contributed by atoms with Gasteiger partial charge in [-0.1, -0.05) is 33.1 Å². The zero-order valence-electron chi connectivity index (χ0n) is 11.1. The molecule has 1 unspecified atom stereocenters. The van der Waals surface area contributed by atoms with E-state index in [-0.39, 0.29) is 12.4 Å². The molecule has 1 atom stereocenters. The van der Waals surface area contributed by atoms with E-state index in [1.807, 2.05) is 11.4 Å². The number of hydrogen-bond acceptors (Lipinski definition) is 3. The summed E-state index contributed by atoms with van der Waals surface area (Å²) in [5.74, 6) is 0.659. The summed E-state index contributed by atoms with van der Waals surface area (Å²) in [6, 6.07) is 1.90. The van der Waals surface area contributed by atoms with Gasteiger partial charge in [-0.2, -0.15) is 0 Å². The first kappa shape index (κ1) is 15.9. The van der Waals surface area contributed by atoms with Crippen LogP contribution < -0.4 is 0 Å². The van der Waals surface area contributed by atoms with Crippen molar-refractivity contribution in [3.63, 3.8) is 0 Å². The SMILES string of the molecule is CCCCC(CC)COCC(=O)c1sccc1Br. The summed E-state index contributed by atoms with van der Waals surface area (Å²) in [7, 11) is 0. The van der Waals surface area contributed by atoms with E-state index in [1.54, 1.807) is 0 Å². The van der Waals surface area contributed by atoms with E-state index >= 15 is 0 Å². The van der Waals surface area contributed by atoms with Crippen LogP contribution in [0, 0.1) is 5.92 Å². The summed E-state index contributed by atoms with van der Waals surface area (Å²) in [5, 5.41) is 1.91. The van der Waals surface area contributed by atoms with Gasteiger partial charge in [-0.25, -0.2) is 0 Å². The lowest BCUT2D eigenvalue weighted by atomic mass is 10.0. The Labute approximate surface area is 122 Å². The summed E-state index contributed by atoms with van der Waals surface area (Å²) < 4.78 is 6.43. The van der Waals surface area contributed by atoms with Gasteiger partial charge in [0.15, 0.2) is 5.78 Å². The molecular formula is C14H21BrO2S. The van der Waals surface area contributed by atoms with E-state index in [9.17, 15) is 4.79 Å². The van der Waals surface area contributed by atoms with Crippen LogP contribution in [-0.4, -0.2) is 19.0 Å². The molecule has 0 aliphatic carbocycles. The minimum Gasteiger partial charge on any atom is -0.373 e. The lowest BCUT2D eigenvalue weighted by Gasteiger charge is -2.14. The van der Waals surface area contributed by atoms with Crippen molar-refractivity contribution in [2.45, 2.75) is 39.5 Å². The molecule has 0 radical (unpaired) electrons. The quantitative estimate of drug-likeness (QED) is 0.599. The third-order valence-corrected chi connectivity index (χ3v) is 4.88.